The van der Waals surface area contributed by atoms with Gasteiger partial charge in [-0.3, -0.25) is 0 Å². The van der Waals surface area contributed by atoms with Crippen LogP contribution in [-0.4, -0.2) is 20.6 Å². The van der Waals surface area contributed by atoms with E-state index in [1.54, 1.807) is 0 Å². The minimum absolute atomic E-state index is 0.550. The maximum absolute atomic E-state index is 3.65. The molecule has 1 aromatic carbocycles. The Morgan fingerprint density at radius 2 is 2.12 bits per heavy atom. The van der Waals surface area contributed by atoms with Crippen LogP contribution < -0.4 is 10.2 Å². The third-order valence-electron chi connectivity index (χ3n) is 3.79. The molecule has 2 nitrogen and oxygen atoms in total. The topological polar surface area (TPSA) is 15.3 Å². The Labute approximate surface area is 105 Å². The molecule has 1 atom stereocenters. The van der Waals surface area contributed by atoms with Gasteiger partial charge in [-0.25, -0.2) is 0 Å². The van der Waals surface area contributed by atoms with Gasteiger partial charge in [-0.1, -0.05) is 25.5 Å². The van der Waals surface area contributed by atoms with Crippen LogP contribution in [0.4, 0.5) is 5.69 Å². The van der Waals surface area contributed by atoms with Crippen LogP contribution in [0, 0.1) is 5.92 Å². The van der Waals surface area contributed by atoms with E-state index in [9.17, 15) is 0 Å². The summed E-state index contributed by atoms with van der Waals surface area (Å²) in [4.78, 5) is 2.17. The number of hydrogen-bond donors (Lipinski definition) is 1. The molecule has 1 fully saturated rings. The molecule has 0 saturated heterocycles. The molecule has 0 amide bonds. The fourth-order valence-corrected chi connectivity index (χ4v) is 2.55. The Bertz CT molecular complexity index is 356. The fraction of sp³-hybridized carbons (Fsp3) is 0.600. The molecule has 17 heavy (non-hydrogen) atoms. The Morgan fingerprint density at radius 1 is 1.35 bits per heavy atom. The van der Waals surface area contributed by atoms with Crippen molar-refractivity contribution in [2.24, 2.45) is 5.92 Å². The molecule has 2 rings (SSSR count). The Morgan fingerprint density at radius 3 is 2.65 bits per heavy atom. The Balaban J connectivity index is 2.19. The van der Waals surface area contributed by atoms with E-state index in [1.807, 2.05) is 0 Å². The van der Waals surface area contributed by atoms with E-state index in [1.165, 1.54) is 30.5 Å². The number of nitrogens with one attached hydrogen (secondary N) is 1. The maximum atomic E-state index is 3.65. The van der Waals surface area contributed by atoms with Gasteiger partial charge in [0.15, 0.2) is 0 Å². The number of rotatable bonds is 5. The molecule has 1 aliphatic rings. The Kier molecular flexibility index (Phi) is 4.06. The molecule has 2 heteroatoms. The average Bonchev–Trinajstić information content (AvgIpc) is 2.26. The molecule has 1 aliphatic carbocycles. The second-order valence-corrected chi connectivity index (χ2v) is 5.22. The van der Waals surface area contributed by atoms with Crippen molar-refractivity contribution in [3.05, 3.63) is 29.8 Å². The van der Waals surface area contributed by atoms with Crippen molar-refractivity contribution >= 4 is 5.69 Å². The molecule has 0 heterocycles. The van der Waals surface area contributed by atoms with Crippen molar-refractivity contribution in [1.29, 1.82) is 0 Å². The van der Waals surface area contributed by atoms with Crippen molar-refractivity contribution in [2.75, 3.05) is 25.5 Å². The predicted molar refractivity (Wildman–Crippen MR) is 74.5 cm³/mol. The molecule has 1 saturated carbocycles. The summed E-state index contributed by atoms with van der Waals surface area (Å²) in [6, 6.07) is 9.49. The number of nitrogens with zero attached hydrogens (tertiary/aromatic N) is 1. The van der Waals surface area contributed by atoms with Gasteiger partial charge in [0.1, 0.15) is 0 Å². The lowest BCUT2D eigenvalue weighted by atomic mass is 9.77. The molecule has 0 radical (unpaired) electrons. The zero-order valence-corrected chi connectivity index (χ0v) is 11.2. The van der Waals surface area contributed by atoms with Crippen LogP contribution in [0.1, 0.15) is 37.8 Å². The van der Waals surface area contributed by atoms with Gasteiger partial charge >= 0.3 is 0 Å². The summed E-state index contributed by atoms with van der Waals surface area (Å²) in [5, 5.41) is 3.65. The fourth-order valence-electron chi connectivity index (χ4n) is 2.55. The van der Waals surface area contributed by atoms with Gasteiger partial charge in [-0.2, -0.15) is 0 Å². The average molecular weight is 232 g/mol. The normalized spacial score (nSPS) is 17.6. The van der Waals surface area contributed by atoms with Crippen molar-refractivity contribution in [3.8, 4) is 0 Å². The highest BCUT2D eigenvalue weighted by Crippen LogP contribution is 2.38. The van der Waals surface area contributed by atoms with Crippen LogP contribution in [0.2, 0.25) is 0 Å². The second kappa shape index (κ2) is 5.54. The molecule has 94 valence electrons. The highest BCUT2D eigenvalue weighted by atomic mass is 15.1. The van der Waals surface area contributed by atoms with Crippen molar-refractivity contribution in [2.45, 2.75) is 32.2 Å². The van der Waals surface area contributed by atoms with E-state index in [0.717, 1.165) is 12.5 Å². The van der Waals surface area contributed by atoms with E-state index >= 15 is 0 Å². The van der Waals surface area contributed by atoms with Crippen molar-refractivity contribution in [3.63, 3.8) is 0 Å². The van der Waals surface area contributed by atoms with Crippen molar-refractivity contribution in [1.82, 2.24) is 5.32 Å². The van der Waals surface area contributed by atoms with Gasteiger partial charge in [0.25, 0.3) is 0 Å². The van der Waals surface area contributed by atoms with Crippen LogP contribution in [0.3, 0.4) is 0 Å². The highest BCUT2D eigenvalue weighted by Gasteiger charge is 2.27. The van der Waals surface area contributed by atoms with E-state index in [4.69, 9.17) is 0 Å². The largest absolute Gasteiger partial charge is 0.378 e. The summed E-state index contributed by atoms with van der Waals surface area (Å²) >= 11 is 0. The van der Waals surface area contributed by atoms with Gasteiger partial charge in [0, 0.05) is 25.8 Å². The Hall–Kier alpha value is -1.02. The van der Waals surface area contributed by atoms with Gasteiger partial charge in [-0.15, -0.1) is 0 Å². The molecule has 1 unspecified atom stereocenters. The first-order valence-electron chi connectivity index (χ1n) is 6.73. The smallest absolute Gasteiger partial charge is 0.0364 e. The zero-order chi connectivity index (χ0) is 12.3. The summed E-state index contributed by atoms with van der Waals surface area (Å²) in [5.74, 6) is 0.840. The highest BCUT2D eigenvalue weighted by molar-refractivity contribution is 5.48. The molecule has 0 spiro atoms. The molecular formula is C15H24N2. The zero-order valence-electron chi connectivity index (χ0n) is 11.2. The number of anilines is 1. The molecular weight excluding hydrogens is 208 g/mol. The first kappa shape index (κ1) is 12.4. The molecule has 0 bridgehead atoms. The van der Waals surface area contributed by atoms with E-state index in [0.29, 0.717) is 6.04 Å². The van der Waals surface area contributed by atoms with Gasteiger partial charge < -0.3 is 10.2 Å². The van der Waals surface area contributed by atoms with E-state index in [2.05, 4.69) is 55.5 Å². The molecule has 0 aliphatic heterocycles. The first-order chi connectivity index (χ1) is 8.22. The second-order valence-electron chi connectivity index (χ2n) is 5.22. The van der Waals surface area contributed by atoms with Gasteiger partial charge in [-0.05, 0) is 43.0 Å². The lowest BCUT2D eigenvalue weighted by Gasteiger charge is -2.35. The summed E-state index contributed by atoms with van der Waals surface area (Å²) in [6.07, 6.45) is 4.16. The number of hydrogen-bond acceptors (Lipinski definition) is 2. The standard InChI is InChI=1S/C15H24N2/c1-4-16-15(12-7-5-8-12)13-9-6-10-14(11-13)17(2)3/h6,9-12,15-16H,4-5,7-8H2,1-3H3. The molecule has 1 aromatic rings. The molecule has 0 aromatic heterocycles. The van der Waals surface area contributed by atoms with Crippen LogP contribution in [-0.2, 0) is 0 Å². The predicted octanol–water partition coefficient (Wildman–Crippen LogP) is 3.20. The van der Waals surface area contributed by atoms with E-state index < -0.39 is 0 Å². The number of benzene rings is 1. The minimum Gasteiger partial charge on any atom is -0.378 e. The van der Waals surface area contributed by atoms with Crippen molar-refractivity contribution < 1.29 is 0 Å². The SMILES string of the molecule is CCNC(c1cccc(N(C)C)c1)C1CCC1. The van der Waals surface area contributed by atoms with Gasteiger partial charge in [0.2, 0.25) is 0 Å². The summed E-state index contributed by atoms with van der Waals surface area (Å²) < 4.78 is 0. The third kappa shape index (κ3) is 2.81. The van der Waals surface area contributed by atoms with Crippen LogP contribution in [0.25, 0.3) is 0 Å². The monoisotopic (exact) mass is 232 g/mol. The quantitative estimate of drug-likeness (QED) is 0.838. The first-order valence-corrected chi connectivity index (χ1v) is 6.73. The summed E-state index contributed by atoms with van der Waals surface area (Å²) in [6.45, 7) is 3.24. The maximum Gasteiger partial charge on any atom is 0.0364 e. The summed E-state index contributed by atoms with van der Waals surface area (Å²) in [5.41, 5.74) is 2.74. The lowest BCUT2D eigenvalue weighted by Crippen LogP contribution is -2.32. The van der Waals surface area contributed by atoms with Crippen LogP contribution >= 0.6 is 0 Å². The minimum atomic E-state index is 0.550. The van der Waals surface area contributed by atoms with Crippen LogP contribution in [0.15, 0.2) is 24.3 Å². The van der Waals surface area contributed by atoms with E-state index in [-0.39, 0.29) is 0 Å². The molecule has 1 N–H and O–H groups in total. The third-order valence-corrected chi connectivity index (χ3v) is 3.79. The van der Waals surface area contributed by atoms with Crippen LogP contribution in [0.5, 0.6) is 0 Å². The lowest BCUT2D eigenvalue weighted by molar-refractivity contribution is 0.233. The van der Waals surface area contributed by atoms with Gasteiger partial charge in [0.05, 0.1) is 0 Å². The summed E-state index contributed by atoms with van der Waals surface area (Å²) in [7, 11) is 4.20.